The zero-order valence-corrected chi connectivity index (χ0v) is 15.4. The van der Waals surface area contributed by atoms with Crippen LogP contribution in [0.5, 0.6) is 5.75 Å². The number of ether oxygens (including phenoxy) is 1. The first-order chi connectivity index (χ1) is 11.6. The first-order valence-electron chi connectivity index (χ1n) is 7.55. The molecule has 1 atom stereocenters. The molecule has 0 saturated carbocycles. The van der Waals surface area contributed by atoms with Crippen LogP contribution in [-0.2, 0) is 24.8 Å². The summed E-state index contributed by atoms with van der Waals surface area (Å²) in [6, 6.07) is 2.68. The Bertz CT molecular complexity index is 865. The smallest absolute Gasteiger partial charge is 0.322 e. The third kappa shape index (κ3) is 4.05. The van der Waals surface area contributed by atoms with Crippen molar-refractivity contribution in [1.29, 1.82) is 0 Å². The molecular weight excluding hydrogens is 372 g/mol. The molecule has 140 valence electrons. The molecule has 0 amide bonds. The van der Waals surface area contributed by atoms with Crippen LogP contribution in [0.25, 0.3) is 0 Å². The molecule has 1 aromatic carbocycles. The number of carboxylic acid groups (broad SMARTS) is 1. The number of hydrogen-bond acceptors (Lipinski definition) is 6. The van der Waals surface area contributed by atoms with Crippen LogP contribution in [0.4, 0.5) is 5.69 Å². The number of methoxy groups -OCH3 is 1. The molecule has 0 bridgehead atoms. The standard InChI is InChI=1S/C14H20N2O7S2/c1-3-24(19,20)15-11-9-10(23-2)6-7-13(11)25(21,22)16-8-4-5-12(16)14(17)18/h6-7,9,12,15H,3-5,8H2,1-2H3,(H,17,18). The van der Waals surface area contributed by atoms with Gasteiger partial charge in [-0.05, 0) is 31.9 Å². The lowest BCUT2D eigenvalue weighted by Crippen LogP contribution is -2.40. The summed E-state index contributed by atoms with van der Waals surface area (Å²) >= 11 is 0. The van der Waals surface area contributed by atoms with Gasteiger partial charge in [0.25, 0.3) is 0 Å². The first-order valence-corrected chi connectivity index (χ1v) is 10.6. The normalized spacial score (nSPS) is 18.9. The number of rotatable bonds is 7. The highest BCUT2D eigenvalue weighted by atomic mass is 32.2. The molecule has 2 rings (SSSR count). The molecule has 1 aliphatic rings. The third-order valence-corrected chi connectivity index (χ3v) is 7.16. The van der Waals surface area contributed by atoms with Gasteiger partial charge in [-0.1, -0.05) is 0 Å². The van der Waals surface area contributed by atoms with E-state index in [-0.39, 0.29) is 35.1 Å². The Hall–Kier alpha value is -1.85. The number of aliphatic carboxylic acids is 1. The number of anilines is 1. The molecule has 1 aliphatic heterocycles. The second-order valence-electron chi connectivity index (χ2n) is 5.48. The van der Waals surface area contributed by atoms with Crippen molar-refractivity contribution >= 4 is 31.7 Å². The number of nitrogens with zero attached hydrogens (tertiary/aromatic N) is 1. The summed E-state index contributed by atoms with van der Waals surface area (Å²) in [5.41, 5.74) is -0.169. The zero-order chi connectivity index (χ0) is 18.8. The van der Waals surface area contributed by atoms with Crippen LogP contribution >= 0.6 is 0 Å². The van der Waals surface area contributed by atoms with E-state index in [2.05, 4.69) is 4.72 Å². The summed E-state index contributed by atoms with van der Waals surface area (Å²) in [7, 11) is -6.57. The molecule has 1 aromatic rings. The number of carboxylic acids is 1. The van der Waals surface area contributed by atoms with Gasteiger partial charge in [0.05, 0.1) is 18.6 Å². The molecule has 1 unspecified atom stereocenters. The molecule has 25 heavy (non-hydrogen) atoms. The van der Waals surface area contributed by atoms with Crippen molar-refractivity contribution in [2.45, 2.75) is 30.7 Å². The molecule has 2 N–H and O–H groups in total. The highest BCUT2D eigenvalue weighted by Crippen LogP contribution is 2.33. The average Bonchev–Trinajstić information content (AvgIpc) is 3.05. The Morgan fingerprint density at radius 3 is 2.60 bits per heavy atom. The summed E-state index contributed by atoms with van der Waals surface area (Å²) in [6.07, 6.45) is 0.628. The van der Waals surface area contributed by atoms with Crippen LogP contribution in [0.1, 0.15) is 19.8 Å². The van der Waals surface area contributed by atoms with E-state index in [1.54, 1.807) is 0 Å². The van der Waals surface area contributed by atoms with E-state index < -0.39 is 32.1 Å². The minimum atomic E-state index is -4.20. The number of benzene rings is 1. The Morgan fingerprint density at radius 1 is 1.36 bits per heavy atom. The van der Waals surface area contributed by atoms with Crippen molar-refractivity contribution in [3.05, 3.63) is 18.2 Å². The zero-order valence-electron chi connectivity index (χ0n) is 13.8. The monoisotopic (exact) mass is 392 g/mol. The Balaban J connectivity index is 2.55. The van der Waals surface area contributed by atoms with Gasteiger partial charge in [-0.15, -0.1) is 0 Å². The molecule has 9 nitrogen and oxygen atoms in total. The molecule has 1 heterocycles. The van der Waals surface area contributed by atoms with Crippen LogP contribution in [0.3, 0.4) is 0 Å². The Labute approximate surface area is 146 Å². The van der Waals surface area contributed by atoms with E-state index in [0.717, 1.165) is 4.31 Å². The molecule has 1 saturated heterocycles. The number of carbonyl (C=O) groups is 1. The van der Waals surface area contributed by atoms with Gasteiger partial charge in [0, 0.05) is 12.6 Å². The SMILES string of the molecule is CCS(=O)(=O)Nc1cc(OC)ccc1S(=O)(=O)N1CCCC1C(=O)O. The maximum Gasteiger partial charge on any atom is 0.322 e. The molecule has 1 fully saturated rings. The summed E-state index contributed by atoms with van der Waals surface area (Å²) in [4.78, 5) is 11.0. The van der Waals surface area contributed by atoms with E-state index in [0.29, 0.717) is 6.42 Å². The minimum absolute atomic E-state index is 0.0608. The molecule has 0 aliphatic carbocycles. The van der Waals surface area contributed by atoms with E-state index in [1.165, 1.54) is 32.2 Å². The van der Waals surface area contributed by atoms with Crippen molar-refractivity contribution in [3.63, 3.8) is 0 Å². The number of sulfonamides is 2. The first kappa shape index (κ1) is 19.5. The lowest BCUT2D eigenvalue weighted by Gasteiger charge is -2.23. The van der Waals surface area contributed by atoms with Gasteiger partial charge in [0.15, 0.2) is 0 Å². The maximum absolute atomic E-state index is 12.9. The van der Waals surface area contributed by atoms with Gasteiger partial charge in [0.2, 0.25) is 20.0 Å². The molecule has 11 heteroatoms. The van der Waals surface area contributed by atoms with Crippen LogP contribution in [0.15, 0.2) is 23.1 Å². The topological polar surface area (TPSA) is 130 Å². The van der Waals surface area contributed by atoms with E-state index in [1.807, 2.05) is 0 Å². The lowest BCUT2D eigenvalue weighted by molar-refractivity contribution is -0.140. The largest absolute Gasteiger partial charge is 0.497 e. The number of hydrogen-bond donors (Lipinski definition) is 2. The van der Waals surface area contributed by atoms with Crippen molar-refractivity contribution in [3.8, 4) is 5.75 Å². The summed E-state index contributed by atoms with van der Waals surface area (Å²) < 4.78 is 57.8. The van der Waals surface area contributed by atoms with Crippen molar-refractivity contribution in [2.24, 2.45) is 0 Å². The molecule has 0 radical (unpaired) electrons. The predicted octanol–water partition coefficient (Wildman–Crippen LogP) is 0.694. The van der Waals surface area contributed by atoms with E-state index in [4.69, 9.17) is 4.74 Å². The fraction of sp³-hybridized carbons (Fsp3) is 0.500. The molecule has 0 aromatic heterocycles. The van der Waals surface area contributed by atoms with Gasteiger partial charge >= 0.3 is 5.97 Å². The summed E-state index contributed by atoms with van der Waals surface area (Å²) in [6.45, 7) is 1.48. The maximum atomic E-state index is 12.9. The van der Waals surface area contributed by atoms with Crippen molar-refractivity contribution in [1.82, 2.24) is 4.31 Å². The van der Waals surface area contributed by atoms with Crippen molar-refractivity contribution in [2.75, 3.05) is 24.1 Å². The molecule has 0 spiro atoms. The highest BCUT2D eigenvalue weighted by molar-refractivity contribution is 7.93. The van der Waals surface area contributed by atoms with Crippen molar-refractivity contribution < 1.29 is 31.5 Å². The van der Waals surface area contributed by atoms with Crippen LogP contribution in [0.2, 0.25) is 0 Å². The fourth-order valence-corrected chi connectivity index (χ4v) is 5.07. The van der Waals surface area contributed by atoms with Gasteiger partial charge in [-0.25, -0.2) is 16.8 Å². The van der Waals surface area contributed by atoms with Gasteiger partial charge < -0.3 is 9.84 Å². The third-order valence-electron chi connectivity index (χ3n) is 3.91. The fourth-order valence-electron chi connectivity index (χ4n) is 2.58. The Kier molecular flexibility index (Phi) is 5.59. The quantitative estimate of drug-likeness (QED) is 0.698. The Morgan fingerprint density at radius 2 is 2.04 bits per heavy atom. The average molecular weight is 392 g/mol. The number of nitrogens with one attached hydrogen (secondary N) is 1. The van der Waals surface area contributed by atoms with Crippen LogP contribution in [-0.4, -0.2) is 57.7 Å². The predicted molar refractivity (Wildman–Crippen MR) is 90.6 cm³/mol. The van der Waals surface area contributed by atoms with Crippen LogP contribution in [0, 0.1) is 0 Å². The van der Waals surface area contributed by atoms with E-state index >= 15 is 0 Å². The van der Waals surface area contributed by atoms with Gasteiger partial charge in [-0.3, -0.25) is 9.52 Å². The summed E-state index contributed by atoms with van der Waals surface area (Å²) in [5.74, 6) is -1.21. The minimum Gasteiger partial charge on any atom is -0.497 e. The lowest BCUT2D eigenvalue weighted by atomic mass is 10.2. The second-order valence-corrected chi connectivity index (χ2v) is 9.35. The second kappa shape index (κ2) is 7.18. The summed E-state index contributed by atoms with van der Waals surface area (Å²) in [5, 5.41) is 9.23. The van der Waals surface area contributed by atoms with Crippen LogP contribution < -0.4 is 9.46 Å². The van der Waals surface area contributed by atoms with Gasteiger partial charge in [0.1, 0.15) is 16.7 Å². The van der Waals surface area contributed by atoms with Gasteiger partial charge in [-0.2, -0.15) is 4.31 Å². The molecular formula is C14H20N2O7S2. The van der Waals surface area contributed by atoms with E-state index in [9.17, 15) is 26.7 Å². The highest BCUT2D eigenvalue weighted by Gasteiger charge is 2.40.